The fraction of sp³-hybridized carbons (Fsp3) is 0.353. The minimum atomic E-state index is -0.198. The van der Waals surface area contributed by atoms with E-state index in [0.717, 1.165) is 30.2 Å². The highest BCUT2D eigenvalue weighted by atomic mass is 16.1. The van der Waals surface area contributed by atoms with E-state index in [9.17, 15) is 4.79 Å². The number of benzene rings is 1. The number of nitrogens with zero attached hydrogens (tertiary/aromatic N) is 3. The van der Waals surface area contributed by atoms with Crippen molar-refractivity contribution in [2.45, 2.75) is 27.7 Å². The summed E-state index contributed by atoms with van der Waals surface area (Å²) in [6.07, 6.45) is 0. The van der Waals surface area contributed by atoms with Crippen LogP contribution in [0.1, 0.15) is 35.6 Å². The Bertz CT molecular complexity index is 628. The third kappa shape index (κ3) is 3.81. The second-order valence-corrected chi connectivity index (χ2v) is 5.15. The molecular weight excluding hydrogens is 276 g/mol. The van der Waals surface area contributed by atoms with E-state index in [-0.39, 0.29) is 5.91 Å². The minimum Gasteiger partial charge on any atom is -0.372 e. The van der Waals surface area contributed by atoms with Crippen molar-refractivity contribution in [3.05, 3.63) is 47.3 Å². The first-order valence-electron chi connectivity index (χ1n) is 7.52. The minimum absolute atomic E-state index is 0.198. The number of aryl methyl sites for hydroxylation is 2. The molecule has 1 aromatic heterocycles. The summed E-state index contributed by atoms with van der Waals surface area (Å²) in [5.41, 5.74) is 3.38. The number of hydrogen-bond acceptors (Lipinski definition) is 4. The van der Waals surface area contributed by atoms with Gasteiger partial charge in [-0.2, -0.15) is 0 Å². The fourth-order valence-electron chi connectivity index (χ4n) is 2.37. The number of aromatic nitrogens is 2. The molecule has 0 bridgehead atoms. The summed E-state index contributed by atoms with van der Waals surface area (Å²) in [4.78, 5) is 22.9. The normalized spacial score (nSPS) is 10.4. The molecule has 0 saturated carbocycles. The first kappa shape index (κ1) is 15.9. The average Bonchev–Trinajstić information content (AvgIpc) is 2.48. The zero-order valence-corrected chi connectivity index (χ0v) is 13.6. The Kier molecular flexibility index (Phi) is 5.09. The number of rotatable bonds is 5. The van der Waals surface area contributed by atoms with Gasteiger partial charge in [-0.15, -0.1) is 0 Å². The first-order chi connectivity index (χ1) is 10.5. The standard InChI is InChI=1S/C17H22N4O/c1-5-21(6-2)15-9-7-14(8-10-15)16(22)20-17-18-12(3)11-13(4)19-17/h7-11H,5-6H2,1-4H3,(H,18,19,20,22). The summed E-state index contributed by atoms with van der Waals surface area (Å²) in [6.45, 7) is 9.87. The molecular formula is C17H22N4O. The van der Waals surface area contributed by atoms with Crippen LogP contribution in [0.4, 0.5) is 11.6 Å². The zero-order chi connectivity index (χ0) is 16.1. The van der Waals surface area contributed by atoms with Crippen LogP contribution in [0.2, 0.25) is 0 Å². The quantitative estimate of drug-likeness (QED) is 0.921. The highest BCUT2D eigenvalue weighted by Gasteiger charge is 2.09. The molecule has 2 aromatic rings. The molecule has 0 aliphatic heterocycles. The average molecular weight is 298 g/mol. The van der Waals surface area contributed by atoms with Crippen LogP contribution in [0.5, 0.6) is 0 Å². The van der Waals surface area contributed by atoms with E-state index in [2.05, 4.69) is 34.0 Å². The molecule has 1 N–H and O–H groups in total. The monoisotopic (exact) mass is 298 g/mol. The number of anilines is 2. The lowest BCUT2D eigenvalue weighted by atomic mass is 10.2. The maximum Gasteiger partial charge on any atom is 0.258 e. The Morgan fingerprint density at radius 3 is 2.09 bits per heavy atom. The number of hydrogen-bond donors (Lipinski definition) is 1. The smallest absolute Gasteiger partial charge is 0.258 e. The second kappa shape index (κ2) is 7.02. The van der Waals surface area contributed by atoms with E-state index >= 15 is 0 Å². The molecule has 0 aliphatic rings. The van der Waals surface area contributed by atoms with Crippen molar-refractivity contribution >= 4 is 17.5 Å². The lowest BCUT2D eigenvalue weighted by molar-refractivity contribution is 0.102. The van der Waals surface area contributed by atoms with E-state index in [4.69, 9.17) is 0 Å². The van der Waals surface area contributed by atoms with Gasteiger partial charge >= 0.3 is 0 Å². The lowest BCUT2D eigenvalue weighted by Gasteiger charge is -2.21. The van der Waals surface area contributed by atoms with Crippen molar-refractivity contribution in [2.75, 3.05) is 23.3 Å². The Hall–Kier alpha value is -2.43. The maximum atomic E-state index is 12.3. The number of amides is 1. The van der Waals surface area contributed by atoms with Crippen LogP contribution in [0.15, 0.2) is 30.3 Å². The molecule has 1 heterocycles. The SMILES string of the molecule is CCN(CC)c1ccc(C(=O)Nc2nc(C)cc(C)n2)cc1. The Morgan fingerprint density at radius 1 is 1.05 bits per heavy atom. The number of nitrogens with one attached hydrogen (secondary N) is 1. The highest BCUT2D eigenvalue weighted by molar-refractivity contribution is 6.03. The van der Waals surface area contributed by atoms with Crippen molar-refractivity contribution in [1.82, 2.24) is 9.97 Å². The van der Waals surface area contributed by atoms with Crippen molar-refractivity contribution in [1.29, 1.82) is 0 Å². The van der Waals surface area contributed by atoms with Crippen molar-refractivity contribution in [2.24, 2.45) is 0 Å². The van der Waals surface area contributed by atoms with Crippen LogP contribution in [0.25, 0.3) is 0 Å². The predicted molar refractivity (Wildman–Crippen MR) is 89.5 cm³/mol. The fourth-order valence-corrected chi connectivity index (χ4v) is 2.37. The van der Waals surface area contributed by atoms with Gasteiger partial charge in [0, 0.05) is 35.7 Å². The van der Waals surface area contributed by atoms with Crippen LogP contribution in [0, 0.1) is 13.8 Å². The largest absolute Gasteiger partial charge is 0.372 e. The van der Waals surface area contributed by atoms with Gasteiger partial charge in [0.25, 0.3) is 5.91 Å². The van der Waals surface area contributed by atoms with Gasteiger partial charge < -0.3 is 4.90 Å². The Balaban J connectivity index is 2.12. The zero-order valence-electron chi connectivity index (χ0n) is 13.6. The van der Waals surface area contributed by atoms with Gasteiger partial charge in [-0.3, -0.25) is 10.1 Å². The maximum absolute atomic E-state index is 12.3. The molecule has 1 aromatic carbocycles. The van der Waals surface area contributed by atoms with Crippen LogP contribution >= 0.6 is 0 Å². The number of carbonyl (C=O) groups excluding carboxylic acids is 1. The summed E-state index contributed by atoms with van der Waals surface area (Å²) in [5, 5.41) is 2.74. The molecule has 0 radical (unpaired) electrons. The molecule has 0 unspecified atom stereocenters. The molecule has 0 fully saturated rings. The van der Waals surface area contributed by atoms with Crippen LogP contribution in [0.3, 0.4) is 0 Å². The van der Waals surface area contributed by atoms with E-state index < -0.39 is 0 Å². The summed E-state index contributed by atoms with van der Waals surface area (Å²) in [7, 11) is 0. The summed E-state index contributed by atoms with van der Waals surface area (Å²) >= 11 is 0. The van der Waals surface area contributed by atoms with Crippen LogP contribution in [-0.2, 0) is 0 Å². The van der Waals surface area contributed by atoms with Gasteiger partial charge in [-0.05, 0) is 58.0 Å². The Morgan fingerprint density at radius 2 is 1.59 bits per heavy atom. The van der Waals surface area contributed by atoms with E-state index in [0.29, 0.717) is 11.5 Å². The van der Waals surface area contributed by atoms with E-state index in [1.165, 1.54) is 0 Å². The molecule has 0 aliphatic carbocycles. The molecule has 0 spiro atoms. The number of carbonyl (C=O) groups is 1. The van der Waals surface area contributed by atoms with E-state index in [1.807, 2.05) is 44.2 Å². The molecule has 5 heteroatoms. The van der Waals surface area contributed by atoms with Gasteiger partial charge in [-0.25, -0.2) is 9.97 Å². The first-order valence-corrected chi connectivity index (χ1v) is 7.52. The summed E-state index contributed by atoms with van der Waals surface area (Å²) in [5.74, 6) is 0.145. The Labute approximate surface area is 131 Å². The van der Waals surface area contributed by atoms with Crippen LogP contribution < -0.4 is 10.2 Å². The molecule has 1 amide bonds. The van der Waals surface area contributed by atoms with Gasteiger partial charge in [-0.1, -0.05) is 0 Å². The molecule has 116 valence electrons. The van der Waals surface area contributed by atoms with Crippen molar-refractivity contribution in [3.8, 4) is 0 Å². The molecule has 5 nitrogen and oxygen atoms in total. The van der Waals surface area contributed by atoms with Gasteiger partial charge in [0.15, 0.2) is 0 Å². The van der Waals surface area contributed by atoms with E-state index in [1.54, 1.807) is 0 Å². The van der Waals surface area contributed by atoms with Gasteiger partial charge in [0.05, 0.1) is 0 Å². The van der Waals surface area contributed by atoms with Crippen molar-refractivity contribution in [3.63, 3.8) is 0 Å². The third-order valence-electron chi connectivity index (χ3n) is 3.47. The second-order valence-electron chi connectivity index (χ2n) is 5.15. The summed E-state index contributed by atoms with van der Waals surface area (Å²) in [6, 6.07) is 9.44. The molecule has 0 atom stereocenters. The summed E-state index contributed by atoms with van der Waals surface area (Å²) < 4.78 is 0. The van der Waals surface area contributed by atoms with Gasteiger partial charge in [0.2, 0.25) is 5.95 Å². The third-order valence-corrected chi connectivity index (χ3v) is 3.47. The molecule has 22 heavy (non-hydrogen) atoms. The van der Waals surface area contributed by atoms with Crippen molar-refractivity contribution < 1.29 is 4.79 Å². The molecule has 2 rings (SSSR count). The topological polar surface area (TPSA) is 58.1 Å². The van der Waals surface area contributed by atoms with Gasteiger partial charge in [0.1, 0.15) is 0 Å². The van der Waals surface area contributed by atoms with Crippen LogP contribution in [-0.4, -0.2) is 29.0 Å². The molecule has 0 saturated heterocycles. The lowest BCUT2D eigenvalue weighted by Crippen LogP contribution is -2.22. The highest BCUT2D eigenvalue weighted by Crippen LogP contribution is 2.15. The predicted octanol–water partition coefficient (Wildman–Crippen LogP) is 3.19.